The van der Waals surface area contributed by atoms with Gasteiger partial charge in [-0.25, -0.2) is 4.79 Å². The van der Waals surface area contributed by atoms with E-state index in [2.05, 4.69) is 23.5 Å². The van der Waals surface area contributed by atoms with Crippen LogP contribution in [0, 0.1) is 12.3 Å². The molecule has 7 nitrogen and oxygen atoms in total. The molecule has 2 rings (SSSR count). The van der Waals surface area contributed by atoms with Gasteiger partial charge in [-0.3, -0.25) is 9.59 Å². The molecule has 0 saturated heterocycles. The van der Waals surface area contributed by atoms with Crippen molar-refractivity contribution in [1.82, 2.24) is 15.5 Å². The Kier molecular flexibility index (Phi) is 11.7. The fourth-order valence-electron chi connectivity index (χ4n) is 3.87. The fraction of sp³-hybridized carbons (Fsp3) is 0.433. The van der Waals surface area contributed by atoms with Gasteiger partial charge in [0.1, 0.15) is 18.2 Å². The Morgan fingerprint density at radius 3 is 2.30 bits per heavy atom. The van der Waals surface area contributed by atoms with E-state index in [1.165, 1.54) is 4.90 Å². The van der Waals surface area contributed by atoms with Crippen molar-refractivity contribution < 1.29 is 19.1 Å². The fourth-order valence-corrected chi connectivity index (χ4v) is 3.87. The molecular weight excluding hydrogens is 466 g/mol. The van der Waals surface area contributed by atoms with E-state index in [9.17, 15) is 14.4 Å². The number of ether oxygens (including phenoxy) is 1. The van der Waals surface area contributed by atoms with Crippen LogP contribution in [0.15, 0.2) is 54.6 Å². The van der Waals surface area contributed by atoms with Crippen molar-refractivity contribution in [3.63, 3.8) is 0 Å². The lowest BCUT2D eigenvalue weighted by Crippen LogP contribution is -2.48. The number of benzene rings is 2. The molecule has 1 unspecified atom stereocenters. The average molecular weight is 506 g/mol. The molecule has 3 amide bonds. The van der Waals surface area contributed by atoms with Crippen LogP contribution in [0.2, 0.25) is 0 Å². The number of nitrogens with one attached hydrogen (secondary N) is 2. The van der Waals surface area contributed by atoms with Gasteiger partial charge >= 0.3 is 6.09 Å². The van der Waals surface area contributed by atoms with Gasteiger partial charge in [0.05, 0.1) is 0 Å². The highest BCUT2D eigenvalue weighted by Gasteiger charge is 2.32. The highest BCUT2D eigenvalue weighted by molar-refractivity contribution is 5.91. The van der Waals surface area contributed by atoms with E-state index >= 15 is 0 Å². The standard InChI is InChI=1S/C30H39N3O4/c1-6-8-9-15-20-33(26(34)22-32-29(36)37-30(3,4)5)27(25-19-14-13-18-24(25)7-2)28(35)31-21-23-16-11-10-12-17-23/h2,10-14,16-19,27H,6,8-9,15,20-22H2,1,3-5H3,(H,31,35)(H,32,36). The number of amides is 3. The smallest absolute Gasteiger partial charge is 0.408 e. The molecule has 198 valence electrons. The number of rotatable bonds is 12. The normalized spacial score (nSPS) is 11.6. The molecule has 2 aromatic rings. The average Bonchev–Trinajstić information content (AvgIpc) is 2.87. The second kappa shape index (κ2) is 14.7. The van der Waals surface area contributed by atoms with Gasteiger partial charge in [0, 0.05) is 18.7 Å². The van der Waals surface area contributed by atoms with Crippen LogP contribution < -0.4 is 10.6 Å². The van der Waals surface area contributed by atoms with Crippen molar-refractivity contribution in [3.05, 3.63) is 71.3 Å². The van der Waals surface area contributed by atoms with Crippen molar-refractivity contribution in [3.8, 4) is 12.3 Å². The summed E-state index contributed by atoms with van der Waals surface area (Å²) in [6, 6.07) is 15.7. The van der Waals surface area contributed by atoms with E-state index in [0.717, 1.165) is 24.8 Å². The maximum atomic E-state index is 13.7. The maximum absolute atomic E-state index is 13.7. The summed E-state index contributed by atoms with van der Waals surface area (Å²) in [5.41, 5.74) is 1.34. The van der Waals surface area contributed by atoms with Crippen molar-refractivity contribution in [1.29, 1.82) is 0 Å². The number of carbonyl (C=O) groups excluding carboxylic acids is 3. The summed E-state index contributed by atoms with van der Waals surface area (Å²) < 4.78 is 5.27. The highest BCUT2D eigenvalue weighted by atomic mass is 16.6. The minimum absolute atomic E-state index is 0.302. The molecule has 0 spiro atoms. The summed E-state index contributed by atoms with van der Waals surface area (Å²) in [6.45, 7) is 7.70. The van der Waals surface area contributed by atoms with Gasteiger partial charge in [0.25, 0.3) is 0 Å². The molecule has 0 bridgehead atoms. The van der Waals surface area contributed by atoms with Crippen molar-refractivity contribution in [2.24, 2.45) is 0 Å². The molecule has 0 aliphatic carbocycles. The second-order valence-corrected chi connectivity index (χ2v) is 9.84. The SMILES string of the molecule is C#Cc1ccccc1C(C(=O)NCc1ccccc1)N(CCCCCC)C(=O)CNC(=O)OC(C)(C)C. The number of hydrogen-bond donors (Lipinski definition) is 2. The molecule has 2 aromatic carbocycles. The van der Waals surface area contributed by atoms with Crippen LogP contribution in [-0.4, -0.2) is 41.5 Å². The molecule has 2 N–H and O–H groups in total. The van der Waals surface area contributed by atoms with Gasteiger partial charge in [0.15, 0.2) is 0 Å². The summed E-state index contributed by atoms with van der Waals surface area (Å²) in [6.07, 6.45) is 8.76. The molecular formula is C30H39N3O4. The summed E-state index contributed by atoms with van der Waals surface area (Å²) in [4.78, 5) is 40.9. The number of carbonyl (C=O) groups is 3. The molecule has 0 fully saturated rings. The van der Waals surface area contributed by atoms with Crippen molar-refractivity contribution in [2.45, 2.75) is 71.6 Å². The Morgan fingerprint density at radius 2 is 1.65 bits per heavy atom. The monoisotopic (exact) mass is 505 g/mol. The number of hydrogen-bond acceptors (Lipinski definition) is 4. The zero-order valence-corrected chi connectivity index (χ0v) is 22.4. The number of unbranched alkanes of at least 4 members (excludes halogenated alkanes) is 3. The third-order valence-corrected chi connectivity index (χ3v) is 5.64. The Morgan fingerprint density at radius 1 is 0.973 bits per heavy atom. The van der Waals surface area contributed by atoms with Gasteiger partial charge in [-0.15, -0.1) is 6.42 Å². The maximum Gasteiger partial charge on any atom is 0.408 e. The summed E-state index contributed by atoms with van der Waals surface area (Å²) in [7, 11) is 0. The van der Waals surface area contributed by atoms with E-state index in [0.29, 0.717) is 30.6 Å². The van der Waals surface area contributed by atoms with Gasteiger partial charge < -0.3 is 20.3 Å². The largest absolute Gasteiger partial charge is 0.444 e. The topological polar surface area (TPSA) is 87.7 Å². The summed E-state index contributed by atoms with van der Waals surface area (Å²) in [5.74, 6) is 1.91. The van der Waals surface area contributed by atoms with Crippen LogP contribution in [0.25, 0.3) is 0 Å². The lowest BCUT2D eigenvalue weighted by atomic mass is 9.97. The highest BCUT2D eigenvalue weighted by Crippen LogP contribution is 2.26. The Balaban J connectivity index is 2.35. The second-order valence-electron chi connectivity index (χ2n) is 9.84. The first-order valence-electron chi connectivity index (χ1n) is 12.8. The Bertz CT molecular complexity index is 1070. The molecule has 0 aromatic heterocycles. The lowest BCUT2D eigenvalue weighted by molar-refractivity contribution is -0.140. The zero-order valence-electron chi connectivity index (χ0n) is 22.4. The minimum Gasteiger partial charge on any atom is -0.444 e. The minimum atomic E-state index is -0.953. The summed E-state index contributed by atoms with van der Waals surface area (Å²) >= 11 is 0. The molecule has 0 aliphatic rings. The Hall–Kier alpha value is -3.79. The third kappa shape index (κ3) is 10.0. The summed E-state index contributed by atoms with van der Waals surface area (Å²) in [5, 5.41) is 5.50. The van der Waals surface area contributed by atoms with Gasteiger partial charge in [-0.1, -0.05) is 80.6 Å². The van der Waals surface area contributed by atoms with Crippen LogP contribution in [0.3, 0.4) is 0 Å². The molecule has 0 heterocycles. The van der Waals surface area contributed by atoms with Crippen molar-refractivity contribution in [2.75, 3.05) is 13.1 Å². The van der Waals surface area contributed by atoms with Gasteiger partial charge in [0.2, 0.25) is 11.8 Å². The number of nitrogens with zero attached hydrogens (tertiary/aromatic N) is 1. The third-order valence-electron chi connectivity index (χ3n) is 5.64. The van der Waals surface area contributed by atoms with E-state index in [1.807, 2.05) is 30.3 Å². The first-order chi connectivity index (χ1) is 17.7. The Labute approximate surface area is 221 Å². The molecule has 0 radical (unpaired) electrons. The number of terminal acetylenes is 1. The predicted octanol–water partition coefficient (Wildman–Crippen LogP) is 4.96. The molecule has 1 atom stereocenters. The van der Waals surface area contributed by atoms with Crippen LogP contribution in [-0.2, 0) is 20.9 Å². The van der Waals surface area contributed by atoms with Crippen LogP contribution >= 0.6 is 0 Å². The van der Waals surface area contributed by atoms with Crippen LogP contribution in [0.4, 0.5) is 4.79 Å². The lowest BCUT2D eigenvalue weighted by Gasteiger charge is -2.32. The molecule has 0 saturated carbocycles. The van der Waals surface area contributed by atoms with Gasteiger partial charge in [-0.05, 0) is 44.4 Å². The molecule has 0 aliphatic heterocycles. The van der Waals surface area contributed by atoms with Crippen molar-refractivity contribution >= 4 is 17.9 Å². The molecule has 37 heavy (non-hydrogen) atoms. The van der Waals surface area contributed by atoms with Crippen LogP contribution in [0.5, 0.6) is 0 Å². The zero-order chi connectivity index (χ0) is 27.3. The first kappa shape index (κ1) is 29.4. The number of alkyl carbamates (subject to hydrolysis) is 1. The van der Waals surface area contributed by atoms with E-state index in [-0.39, 0.29) is 12.5 Å². The van der Waals surface area contributed by atoms with E-state index in [4.69, 9.17) is 11.2 Å². The van der Waals surface area contributed by atoms with E-state index < -0.39 is 23.6 Å². The van der Waals surface area contributed by atoms with E-state index in [1.54, 1.807) is 45.0 Å². The van der Waals surface area contributed by atoms with Crippen LogP contribution in [0.1, 0.15) is 76.1 Å². The molecule has 7 heteroatoms. The predicted molar refractivity (Wildman–Crippen MR) is 145 cm³/mol. The first-order valence-corrected chi connectivity index (χ1v) is 12.8. The van der Waals surface area contributed by atoms with Gasteiger partial charge in [-0.2, -0.15) is 0 Å². The quantitative estimate of drug-likeness (QED) is 0.315.